The molecule has 3 nitrogen and oxygen atoms in total. The van der Waals surface area contributed by atoms with Gasteiger partial charge in [0, 0.05) is 13.3 Å². The monoisotopic (exact) mass is 129 g/mol. The molecule has 0 aliphatic carbocycles. The molecule has 0 saturated heterocycles. The van der Waals surface area contributed by atoms with Gasteiger partial charge in [0.15, 0.2) is 0 Å². The minimum Gasteiger partial charge on any atom is -0.231 e. The highest BCUT2D eigenvalue weighted by Gasteiger charge is 1.85. The van der Waals surface area contributed by atoms with Crippen molar-refractivity contribution in [1.29, 1.82) is 0 Å². The van der Waals surface area contributed by atoms with Crippen LogP contribution in [0.2, 0.25) is 0 Å². The van der Waals surface area contributed by atoms with Crippen LogP contribution in [0.4, 0.5) is 0 Å². The Morgan fingerprint density at radius 1 is 1.56 bits per heavy atom. The molecule has 0 radical (unpaired) electrons. The van der Waals surface area contributed by atoms with E-state index in [1.165, 1.54) is 0 Å². The van der Waals surface area contributed by atoms with Crippen LogP contribution in [0.1, 0.15) is 20.3 Å². The molecule has 0 spiro atoms. The highest BCUT2D eigenvalue weighted by Crippen LogP contribution is 1.79. The highest BCUT2D eigenvalue weighted by atomic mass is 15.7. The molecular weight excluding hydrogens is 114 g/mol. The van der Waals surface area contributed by atoms with Crippen molar-refractivity contribution in [2.24, 2.45) is 5.10 Å². The quantitative estimate of drug-likeness (QED) is 0.450. The van der Waals surface area contributed by atoms with Crippen LogP contribution in [-0.2, 0) is 0 Å². The third kappa shape index (κ3) is 3.97. The van der Waals surface area contributed by atoms with Gasteiger partial charge in [0.25, 0.3) is 0 Å². The zero-order valence-corrected chi connectivity index (χ0v) is 6.39. The van der Waals surface area contributed by atoms with Crippen molar-refractivity contribution < 1.29 is 0 Å². The number of hydrazone groups is 1. The highest BCUT2D eigenvalue weighted by molar-refractivity contribution is 5.55. The van der Waals surface area contributed by atoms with Gasteiger partial charge in [0.1, 0.15) is 0 Å². The summed E-state index contributed by atoms with van der Waals surface area (Å²) in [6, 6.07) is 0. The summed E-state index contributed by atoms with van der Waals surface area (Å²) in [6.07, 6.45) is 2.86. The van der Waals surface area contributed by atoms with Gasteiger partial charge in [-0.25, -0.2) is 10.5 Å². The van der Waals surface area contributed by atoms with E-state index in [-0.39, 0.29) is 0 Å². The number of rotatable bonds is 4. The molecule has 9 heavy (non-hydrogen) atoms. The van der Waals surface area contributed by atoms with E-state index < -0.39 is 0 Å². The van der Waals surface area contributed by atoms with Crippen LogP contribution in [0, 0.1) is 0 Å². The van der Waals surface area contributed by atoms with Crippen molar-refractivity contribution in [1.82, 2.24) is 10.5 Å². The lowest BCUT2D eigenvalue weighted by Crippen LogP contribution is -2.29. The summed E-state index contributed by atoms with van der Waals surface area (Å²) in [5.74, 6) is 0. The van der Waals surface area contributed by atoms with Crippen LogP contribution in [0.25, 0.3) is 0 Å². The first kappa shape index (κ1) is 8.43. The van der Waals surface area contributed by atoms with Crippen LogP contribution in [0.15, 0.2) is 5.10 Å². The second-order valence-electron chi connectivity index (χ2n) is 1.65. The van der Waals surface area contributed by atoms with Gasteiger partial charge in [-0.3, -0.25) is 0 Å². The Labute approximate surface area is 56.7 Å². The number of nitrogens with one attached hydrogen (secondary N) is 1. The molecule has 0 atom stereocenters. The van der Waals surface area contributed by atoms with Crippen molar-refractivity contribution in [2.75, 3.05) is 13.6 Å². The summed E-state index contributed by atoms with van der Waals surface area (Å²) >= 11 is 0. The van der Waals surface area contributed by atoms with Gasteiger partial charge in [-0.2, -0.15) is 5.10 Å². The average molecular weight is 129 g/mol. The molecule has 0 aliphatic heterocycles. The predicted octanol–water partition coefficient (Wildman–Crippen LogP) is 0.839. The molecule has 0 heterocycles. The van der Waals surface area contributed by atoms with Crippen LogP contribution in [-0.4, -0.2) is 24.9 Å². The average Bonchev–Trinajstić information content (AvgIpc) is 1.91. The first-order valence-corrected chi connectivity index (χ1v) is 3.32. The molecule has 54 valence electrons. The lowest BCUT2D eigenvalue weighted by atomic mass is 10.6. The largest absolute Gasteiger partial charge is 0.231 e. The van der Waals surface area contributed by atoms with Crippen LogP contribution in [0.5, 0.6) is 0 Å². The summed E-state index contributed by atoms with van der Waals surface area (Å²) in [4.78, 5) is 0. The third-order valence-corrected chi connectivity index (χ3v) is 0.961. The van der Waals surface area contributed by atoms with E-state index in [0.717, 1.165) is 13.0 Å². The van der Waals surface area contributed by atoms with Crippen molar-refractivity contribution in [3.63, 3.8) is 0 Å². The van der Waals surface area contributed by atoms with Crippen molar-refractivity contribution in [3.8, 4) is 0 Å². The van der Waals surface area contributed by atoms with E-state index in [0.29, 0.717) is 0 Å². The standard InChI is InChI=1S/C6H15N3/c1-4-6-8-9(5-2)7-3/h6-7H,4-5H2,1-3H3/b8-6-. The van der Waals surface area contributed by atoms with Gasteiger partial charge in [0.2, 0.25) is 0 Å². The Kier molecular flexibility index (Phi) is 5.21. The molecule has 0 saturated carbocycles. The fourth-order valence-corrected chi connectivity index (χ4v) is 0.478. The molecule has 0 unspecified atom stereocenters. The molecule has 0 rings (SSSR count). The second-order valence-corrected chi connectivity index (χ2v) is 1.65. The zero-order valence-electron chi connectivity index (χ0n) is 6.39. The number of hydrogen-bond acceptors (Lipinski definition) is 3. The van der Waals surface area contributed by atoms with Gasteiger partial charge >= 0.3 is 0 Å². The van der Waals surface area contributed by atoms with Gasteiger partial charge in [-0.15, -0.1) is 0 Å². The summed E-state index contributed by atoms with van der Waals surface area (Å²) in [6.45, 7) is 5.00. The lowest BCUT2D eigenvalue weighted by Gasteiger charge is -2.13. The normalized spacial score (nSPS) is 10.6. The van der Waals surface area contributed by atoms with E-state index in [1.807, 2.05) is 20.2 Å². The minimum absolute atomic E-state index is 0.896. The molecule has 0 aliphatic rings. The molecule has 0 aromatic carbocycles. The smallest absolute Gasteiger partial charge is 0.0504 e. The summed E-state index contributed by atoms with van der Waals surface area (Å²) in [5.41, 5.74) is 2.92. The van der Waals surface area contributed by atoms with Gasteiger partial charge in [-0.05, 0) is 13.3 Å². The van der Waals surface area contributed by atoms with E-state index >= 15 is 0 Å². The molecule has 0 aromatic rings. The fraction of sp³-hybridized carbons (Fsp3) is 0.833. The second kappa shape index (κ2) is 5.56. The Bertz CT molecular complexity index is 76.4. The third-order valence-electron chi connectivity index (χ3n) is 0.961. The summed E-state index contributed by atoms with van der Waals surface area (Å²) < 4.78 is 0. The van der Waals surface area contributed by atoms with Crippen molar-refractivity contribution in [3.05, 3.63) is 0 Å². The Morgan fingerprint density at radius 3 is 2.56 bits per heavy atom. The molecule has 3 heteroatoms. The number of nitrogens with zero attached hydrogens (tertiary/aromatic N) is 2. The molecule has 0 fully saturated rings. The molecular formula is C6H15N3. The predicted molar refractivity (Wildman–Crippen MR) is 40.2 cm³/mol. The van der Waals surface area contributed by atoms with Crippen molar-refractivity contribution in [2.45, 2.75) is 20.3 Å². The lowest BCUT2D eigenvalue weighted by molar-refractivity contribution is 0.232. The first-order valence-electron chi connectivity index (χ1n) is 3.32. The number of hydrazine groups is 1. The molecule has 0 aromatic heterocycles. The molecule has 1 N–H and O–H groups in total. The van der Waals surface area contributed by atoms with E-state index in [2.05, 4.69) is 17.5 Å². The maximum atomic E-state index is 4.08. The van der Waals surface area contributed by atoms with Gasteiger partial charge in [0.05, 0.1) is 6.54 Å². The van der Waals surface area contributed by atoms with Crippen LogP contribution in [0.3, 0.4) is 0 Å². The maximum Gasteiger partial charge on any atom is 0.0504 e. The molecule has 0 amide bonds. The van der Waals surface area contributed by atoms with E-state index in [9.17, 15) is 0 Å². The maximum absolute atomic E-state index is 4.08. The van der Waals surface area contributed by atoms with Gasteiger partial charge in [-0.1, -0.05) is 6.92 Å². The topological polar surface area (TPSA) is 27.6 Å². The fourth-order valence-electron chi connectivity index (χ4n) is 0.478. The summed E-state index contributed by atoms with van der Waals surface area (Å²) in [7, 11) is 1.86. The Balaban J connectivity index is 3.41. The van der Waals surface area contributed by atoms with E-state index in [4.69, 9.17) is 0 Å². The van der Waals surface area contributed by atoms with Crippen LogP contribution >= 0.6 is 0 Å². The minimum atomic E-state index is 0.896. The molecule has 0 bridgehead atoms. The Morgan fingerprint density at radius 2 is 2.22 bits per heavy atom. The van der Waals surface area contributed by atoms with Crippen molar-refractivity contribution >= 4 is 6.21 Å². The number of hydrogen-bond donors (Lipinski definition) is 1. The first-order chi connectivity index (χ1) is 4.35. The Hall–Kier alpha value is -0.570. The zero-order chi connectivity index (χ0) is 7.11. The van der Waals surface area contributed by atoms with E-state index in [1.54, 1.807) is 5.12 Å². The van der Waals surface area contributed by atoms with Gasteiger partial charge < -0.3 is 0 Å². The van der Waals surface area contributed by atoms with Crippen LogP contribution < -0.4 is 5.43 Å². The SMILES string of the molecule is CC/C=N\N(CC)NC. The summed E-state index contributed by atoms with van der Waals surface area (Å²) in [5, 5.41) is 5.86.